The maximum atomic E-state index is 13.2. The van der Waals surface area contributed by atoms with E-state index in [1.807, 2.05) is 6.07 Å². The molecule has 1 fully saturated rings. The minimum atomic E-state index is -0.248. The van der Waals surface area contributed by atoms with Gasteiger partial charge in [-0.1, -0.05) is 12.1 Å². The molecule has 5 nitrogen and oxygen atoms in total. The molecule has 4 rings (SSSR count). The van der Waals surface area contributed by atoms with Crippen molar-refractivity contribution in [3.8, 4) is 0 Å². The van der Waals surface area contributed by atoms with Gasteiger partial charge in [0.2, 0.25) is 5.91 Å². The van der Waals surface area contributed by atoms with E-state index in [1.165, 1.54) is 12.1 Å². The predicted molar refractivity (Wildman–Crippen MR) is 77.4 cm³/mol. The van der Waals surface area contributed by atoms with Gasteiger partial charge in [0.05, 0.1) is 6.54 Å². The smallest absolute Gasteiger partial charge is 0.224 e. The van der Waals surface area contributed by atoms with E-state index in [4.69, 9.17) is 0 Å². The zero-order valence-corrected chi connectivity index (χ0v) is 12.1. The van der Waals surface area contributed by atoms with Crippen LogP contribution in [0.3, 0.4) is 0 Å². The summed E-state index contributed by atoms with van der Waals surface area (Å²) in [4.78, 5) is 12.2. The molecule has 0 unspecified atom stereocenters. The molecular weight excluding hydrogens is 283 g/mol. The predicted octanol–water partition coefficient (Wildman–Crippen LogP) is 1.78. The van der Waals surface area contributed by atoms with E-state index in [2.05, 4.69) is 20.1 Å². The van der Waals surface area contributed by atoms with Crippen LogP contribution in [0.2, 0.25) is 0 Å². The standard InChI is InChI=1S/C16H17FN4O/c17-11-4-1-3-10(7-11)12-8-13(12)16(22)18-9-15-20-19-14-5-2-6-21(14)15/h1,3-4,7,12-13H,2,5-6,8-9H2,(H,18,22)/t12-,13+/m0/s1. The molecule has 2 heterocycles. The molecule has 2 atom stereocenters. The summed E-state index contributed by atoms with van der Waals surface area (Å²) < 4.78 is 15.3. The van der Waals surface area contributed by atoms with Crippen LogP contribution in [0.15, 0.2) is 24.3 Å². The minimum Gasteiger partial charge on any atom is -0.349 e. The van der Waals surface area contributed by atoms with Crippen molar-refractivity contribution in [3.63, 3.8) is 0 Å². The van der Waals surface area contributed by atoms with E-state index in [-0.39, 0.29) is 23.6 Å². The number of aryl methyl sites for hydroxylation is 1. The fourth-order valence-electron chi connectivity index (χ4n) is 3.23. The molecule has 1 aromatic heterocycles. The Balaban J connectivity index is 1.36. The van der Waals surface area contributed by atoms with E-state index < -0.39 is 0 Å². The second kappa shape index (κ2) is 5.19. The lowest BCUT2D eigenvalue weighted by Crippen LogP contribution is -2.26. The summed E-state index contributed by atoms with van der Waals surface area (Å²) >= 11 is 0. The van der Waals surface area contributed by atoms with Crippen molar-refractivity contribution in [1.82, 2.24) is 20.1 Å². The van der Waals surface area contributed by atoms with Crippen molar-refractivity contribution in [2.75, 3.05) is 0 Å². The van der Waals surface area contributed by atoms with Crippen LogP contribution in [-0.2, 0) is 24.3 Å². The average Bonchev–Trinajstić information content (AvgIpc) is 3.02. The molecule has 114 valence electrons. The third kappa shape index (κ3) is 2.38. The number of rotatable bonds is 4. The van der Waals surface area contributed by atoms with Crippen molar-refractivity contribution in [1.29, 1.82) is 0 Å². The van der Waals surface area contributed by atoms with Gasteiger partial charge in [0.1, 0.15) is 11.6 Å². The molecule has 0 spiro atoms. The molecule has 0 saturated heterocycles. The maximum Gasteiger partial charge on any atom is 0.224 e. The normalized spacial score (nSPS) is 22.4. The maximum absolute atomic E-state index is 13.2. The Bertz CT molecular complexity index is 727. The quantitative estimate of drug-likeness (QED) is 0.936. The van der Waals surface area contributed by atoms with Crippen molar-refractivity contribution in [2.45, 2.75) is 38.3 Å². The third-order valence-electron chi connectivity index (χ3n) is 4.51. The summed E-state index contributed by atoms with van der Waals surface area (Å²) in [5.74, 6) is 1.69. The van der Waals surface area contributed by atoms with Crippen LogP contribution in [0.1, 0.15) is 36.0 Å². The number of nitrogens with zero attached hydrogens (tertiary/aromatic N) is 3. The third-order valence-corrected chi connectivity index (χ3v) is 4.51. The Hall–Kier alpha value is -2.24. The number of nitrogens with one attached hydrogen (secondary N) is 1. The van der Waals surface area contributed by atoms with Gasteiger partial charge in [0, 0.05) is 18.9 Å². The summed E-state index contributed by atoms with van der Waals surface area (Å²) in [6, 6.07) is 6.51. The number of aromatic nitrogens is 3. The number of hydrogen-bond acceptors (Lipinski definition) is 3. The lowest BCUT2D eigenvalue weighted by atomic mass is 10.1. The number of halogens is 1. The lowest BCUT2D eigenvalue weighted by molar-refractivity contribution is -0.122. The Kier molecular flexibility index (Phi) is 3.17. The number of hydrogen-bond donors (Lipinski definition) is 1. The highest BCUT2D eigenvalue weighted by Crippen LogP contribution is 2.47. The first-order chi connectivity index (χ1) is 10.7. The molecule has 2 aromatic rings. The zero-order valence-electron chi connectivity index (χ0n) is 12.1. The number of amides is 1. The average molecular weight is 300 g/mol. The van der Waals surface area contributed by atoms with Crippen molar-refractivity contribution < 1.29 is 9.18 Å². The molecule has 1 aromatic carbocycles. The van der Waals surface area contributed by atoms with Crippen LogP contribution in [0.25, 0.3) is 0 Å². The Labute approximate surface area is 127 Å². The van der Waals surface area contributed by atoms with Crippen molar-refractivity contribution >= 4 is 5.91 Å². The second-order valence-corrected chi connectivity index (χ2v) is 6.01. The fourth-order valence-corrected chi connectivity index (χ4v) is 3.23. The van der Waals surface area contributed by atoms with Gasteiger partial charge in [-0.3, -0.25) is 4.79 Å². The van der Waals surface area contributed by atoms with Gasteiger partial charge in [-0.2, -0.15) is 0 Å². The fraction of sp³-hybridized carbons (Fsp3) is 0.438. The largest absolute Gasteiger partial charge is 0.349 e. The van der Waals surface area contributed by atoms with E-state index in [9.17, 15) is 9.18 Å². The monoisotopic (exact) mass is 300 g/mol. The van der Waals surface area contributed by atoms with Gasteiger partial charge in [0.15, 0.2) is 5.82 Å². The minimum absolute atomic E-state index is 0.0182. The highest BCUT2D eigenvalue weighted by molar-refractivity contribution is 5.82. The lowest BCUT2D eigenvalue weighted by Gasteiger charge is -2.06. The van der Waals surface area contributed by atoms with Gasteiger partial charge in [-0.25, -0.2) is 4.39 Å². The highest BCUT2D eigenvalue weighted by atomic mass is 19.1. The Morgan fingerprint density at radius 2 is 2.32 bits per heavy atom. The van der Waals surface area contributed by atoms with Crippen molar-refractivity contribution in [2.24, 2.45) is 5.92 Å². The molecule has 1 saturated carbocycles. The number of benzene rings is 1. The molecule has 0 bridgehead atoms. The van der Waals surface area contributed by atoms with Crippen LogP contribution >= 0.6 is 0 Å². The topological polar surface area (TPSA) is 59.8 Å². The van der Waals surface area contributed by atoms with Crippen LogP contribution in [0.4, 0.5) is 4.39 Å². The first-order valence-electron chi connectivity index (χ1n) is 7.66. The van der Waals surface area contributed by atoms with Gasteiger partial charge in [0.25, 0.3) is 0 Å². The molecule has 2 aliphatic rings. The van der Waals surface area contributed by atoms with Crippen molar-refractivity contribution in [3.05, 3.63) is 47.3 Å². The molecule has 1 N–H and O–H groups in total. The van der Waals surface area contributed by atoms with Gasteiger partial charge >= 0.3 is 0 Å². The highest BCUT2D eigenvalue weighted by Gasteiger charge is 2.44. The Morgan fingerprint density at radius 3 is 3.18 bits per heavy atom. The summed E-state index contributed by atoms with van der Waals surface area (Å²) in [5.41, 5.74) is 0.906. The molecular formula is C16H17FN4O. The summed E-state index contributed by atoms with van der Waals surface area (Å²) in [6.07, 6.45) is 2.84. The van der Waals surface area contributed by atoms with Gasteiger partial charge in [-0.05, 0) is 36.5 Å². The van der Waals surface area contributed by atoms with E-state index in [0.717, 1.165) is 43.0 Å². The van der Waals surface area contributed by atoms with E-state index in [0.29, 0.717) is 6.54 Å². The van der Waals surface area contributed by atoms with Crippen LogP contribution in [0.5, 0.6) is 0 Å². The van der Waals surface area contributed by atoms with Gasteiger partial charge in [-0.15, -0.1) is 10.2 Å². The molecule has 0 radical (unpaired) electrons. The molecule has 22 heavy (non-hydrogen) atoms. The van der Waals surface area contributed by atoms with Crippen LogP contribution in [0, 0.1) is 11.7 Å². The molecule has 1 amide bonds. The zero-order chi connectivity index (χ0) is 15.1. The molecule has 1 aliphatic heterocycles. The molecule has 1 aliphatic carbocycles. The van der Waals surface area contributed by atoms with Crippen LogP contribution < -0.4 is 5.32 Å². The summed E-state index contributed by atoms with van der Waals surface area (Å²) in [7, 11) is 0. The number of carbonyl (C=O) groups excluding carboxylic acids is 1. The molecule has 6 heteroatoms. The second-order valence-electron chi connectivity index (χ2n) is 6.01. The van der Waals surface area contributed by atoms with E-state index >= 15 is 0 Å². The number of fused-ring (bicyclic) bond motifs is 1. The SMILES string of the molecule is O=C(NCc1nnc2n1CCC2)[C@@H]1C[C@H]1c1cccc(F)c1. The van der Waals surface area contributed by atoms with Gasteiger partial charge < -0.3 is 9.88 Å². The first-order valence-corrected chi connectivity index (χ1v) is 7.66. The van der Waals surface area contributed by atoms with E-state index in [1.54, 1.807) is 6.07 Å². The summed E-state index contributed by atoms with van der Waals surface area (Å²) in [6.45, 7) is 1.35. The number of carbonyl (C=O) groups is 1. The van der Waals surface area contributed by atoms with Crippen LogP contribution in [-0.4, -0.2) is 20.7 Å². The first kappa shape index (κ1) is 13.4. The Morgan fingerprint density at radius 1 is 1.41 bits per heavy atom. The summed E-state index contributed by atoms with van der Waals surface area (Å²) in [5, 5.41) is 11.2.